The number of rotatable bonds is 7. The maximum Gasteiger partial charge on any atom is 0.123 e. The van der Waals surface area contributed by atoms with Gasteiger partial charge in [0.15, 0.2) is 0 Å². The van der Waals surface area contributed by atoms with Crippen LogP contribution in [0.1, 0.15) is 0 Å². The second-order valence-electron chi connectivity index (χ2n) is 12.8. The fourth-order valence-electron chi connectivity index (χ4n) is 6.88. The second kappa shape index (κ2) is 13.4. The average molecular weight is 670 g/mol. The highest BCUT2D eigenvalue weighted by Crippen LogP contribution is 2.38. The molecule has 0 atom stereocenters. The van der Waals surface area contributed by atoms with Crippen LogP contribution in [0.3, 0.4) is 0 Å². The Morgan fingerprint density at radius 2 is 0.808 bits per heavy atom. The van der Waals surface area contributed by atoms with Crippen LogP contribution in [-0.2, 0) is 0 Å². The number of aromatic nitrogens is 2. The van der Waals surface area contributed by atoms with Crippen molar-refractivity contribution in [3.8, 4) is 44.8 Å². The highest BCUT2D eigenvalue weighted by Gasteiger charge is 2.16. The normalized spacial score (nSPS) is 11.2. The summed E-state index contributed by atoms with van der Waals surface area (Å²) >= 11 is 0. The number of halogens is 1. The zero-order valence-electron chi connectivity index (χ0n) is 28.2. The van der Waals surface area contributed by atoms with Crippen molar-refractivity contribution in [1.82, 2.24) is 9.97 Å². The minimum Gasteiger partial charge on any atom is -0.311 e. The Labute approximate surface area is 302 Å². The van der Waals surface area contributed by atoms with Gasteiger partial charge >= 0.3 is 0 Å². The molecular formula is C48H32FN3. The number of nitrogens with zero attached hydrogens (tertiary/aromatic N) is 3. The third kappa shape index (κ3) is 5.97. The molecule has 1 aromatic heterocycles. The van der Waals surface area contributed by atoms with Gasteiger partial charge in [-0.25, -0.2) is 14.4 Å². The molecule has 246 valence electrons. The van der Waals surface area contributed by atoms with Gasteiger partial charge in [0.2, 0.25) is 0 Å². The molecule has 0 fully saturated rings. The summed E-state index contributed by atoms with van der Waals surface area (Å²) < 4.78 is 13.5. The van der Waals surface area contributed by atoms with E-state index in [1.54, 1.807) is 0 Å². The molecule has 0 saturated carbocycles. The lowest BCUT2D eigenvalue weighted by Crippen LogP contribution is -2.09. The molecule has 0 aliphatic heterocycles. The molecule has 0 saturated heterocycles. The summed E-state index contributed by atoms with van der Waals surface area (Å²) in [6.07, 6.45) is 0. The van der Waals surface area contributed by atoms with Crippen molar-refractivity contribution in [1.29, 1.82) is 0 Å². The Morgan fingerprint density at radius 3 is 1.38 bits per heavy atom. The molecule has 1 heterocycles. The molecule has 9 rings (SSSR count). The molecule has 9 aromatic rings. The van der Waals surface area contributed by atoms with Crippen molar-refractivity contribution in [2.75, 3.05) is 4.90 Å². The molecule has 0 amide bonds. The van der Waals surface area contributed by atoms with Crippen molar-refractivity contribution >= 4 is 38.9 Å². The first kappa shape index (κ1) is 31.1. The van der Waals surface area contributed by atoms with E-state index in [1.807, 2.05) is 54.6 Å². The zero-order valence-corrected chi connectivity index (χ0v) is 28.2. The van der Waals surface area contributed by atoms with Gasteiger partial charge < -0.3 is 4.90 Å². The van der Waals surface area contributed by atoms with Gasteiger partial charge in [-0.1, -0.05) is 133 Å². The van der Waals surface area contributed by atoms with E-state index in [0.29, 0.717) is 0 Å². The van der Waals surface area contributed by atoms with Crippen molar-refractivity contribution in [3.05, 3.63) is 200 Å². The van der Waals surface area contributed by atoms with Crippen molar-refractivity contribution in [2.45, 2.75) is 0 Å². The van der Waals surface area contributed by atoms with Crippen LogP contribution in [0.5, 0.6) is 0 Å². The van der Waals surface area contributed by atoms with Gasteiger partial charge in [-0.3, -0.25) is 0 Å². The van der Waals surface area contributed by atoms with Crippen LogP contribution in [0.15, 0.2) is 194 Å². The molecule has 4 heteroatoms. The molecular weight excluding hydrogens is 638 g/mol. The fraction of sp³-hybridized carbons (Fsp3) is 0. The summed E-state index contributed by atoms with van der Waals surface area (Å²) in [6.45, 7) is 0. The van der Waals surface area contributed by atoms with E-state index in [4.69, 9.17) is 9.97 Å². The van der Waals surface area contributed by atoms with Gasteiger partial charge in [0, 0.05) is 33.6 Å². The molecule has 3 nitrogen and oxygen atoms in total. The minimum atomic E-state index is -0.237. The molecule has 0 aliphatic rings. The first-order chi connectivity index (χ1) is 25.7. The summed E-state index contributed by atoms with van der Waals surface area (Å²) in [5.74, 6) is -0.237. The SMILES string of the molecule is Fc1ccc(-c2ccc(N(c3ccccc3)c3ccc(-c4ccc5ccc6nc(-c7ccccc7)c(-c7ccccc7)nc6c5c4)cc3)cc2)cc1. The van der Waals surface area contributed by atoms with Crippen LogP contribution < -0.4 is 4.90 Å². The van der Waals surface area contributed by atoms with Crippen molar-refractivity contribution in [3.63, 3.8) is 0 Å². The van der Waals surface area contributed by atoms with Crippen LogP contribution in [0, 0.1) is 5.82 Å². The predicted octanol–water partition coefficient (Wildman–Crippen LogP) is 13.1. The van der Waals surface area contributed by atoms with Gasteiger partial charge in [-0.05, 0) is 88.3 Å². The first-order valence-corrected chi connectivity index (χ1v) is 17.3. The number of hydrogen-bond donors (Lipinski definition) is 0. The monoisotopic (exact) mass is 669 g/mol. The minimum absolute atomic E-state index is 0.237. The largest absolute Gasteiger partial charge is 0.311 e. The van der Waals surface area contributed by atoms with E-state index in [-0.39, 0.29) is 5.82 Å². The van der Waals surface area contributed by atoms with Gasteiger partial charge in [0.25, 0.3) is 0 Å². The topological polar surface area (TPSA) is 29.0 Å². The molecule has 0 spiro atoms. The second-order valence-corrected chi connectivity index (χ2v) is 12.8. The third-order valence-corrected chi connectivity index (χ3v) is 9.52. The smallest absolute Gasteiger partial charge is 0.123 e. The first-order valence-electron chi connectivity index (χ1n) is 17.3. The Balaban J connectivity index is 1.10. The number of anilines is 3. The Morgan fingerprint density at radius 1 is 0.365 bits per heavy atom. The van der Waals surface area contributed by atoms with Gasteiger partial charge in [0.1, 0.15) is 5.82 Å². The lowest BCUT2D eigenvalue weighted by Gasteiger charge is -2.26. The Hall–Kier alpha value is -6.91. The summed E-state index contributed by atoms with van der Waals surface area (Å²) in [7, 11) is 0. The molecule has 0 aliphatic carbocycles. The Bertz CT molecular complexity index is 2640. The van der Waals surface area contributed by atoms with E-state index >= 15 is 0 Å². The summed E-state index contributed by atoms with van der Waals surface area (Å²) in [5.41, 5.74) is 12.9. The van der Waals surface area contributed by atoms with Gasteiger partial charge in [-0.2, -0.15) is 0 Å². The van der Waals surface area contributed by atoms with Crippen LogP contribution in [0.25, 0.3) is 66.6 Å². The predicted molar refractivity (Wildman–Crippen MR) is 213 cm³/mol. The van der Waals surface area contributed by atoms with Crippen molar-refractivity contribution < 1.29 is 4.39 Å². The van der Waals surface area contributed by atoms with E-state index in [2.05, 4.69) is 132 Å². The van der Waals surface area contributed by atoms with Crippen LogP contribution in [0.2, 0.25) is 0 Å². The van der Waals surface area contributed by atoms with E-state index in [9.17, 15) is 4.39 Å². The molecule has 0 unspecified atom stereocenters. The number of benzene rings is 8. The van der Waals surface area contributed by atoms with Gasteiger partial charge in [0.05, 0.1) is 22.4 Å². The van der Waals surface area contributed by atoms with E-state index < -0.39 is 0 Å². The molecule has 0 N–H and O–H groups in total. The van der Waals surface area contributed by atoms with E-state index in [1.165, 1.54) is 12.1 Å². The lowest BCUT2D eigenvalue weighted by atomic mass is 9.99. The highest BCUT2D eigenvalue weighted by molar-refractivity contribution is 6.07. The van der Waals surface area contributed by atoms with Crippen LogP contribution >= 0.6 is 0 Å². The summed E-state index contributed by atoms with van der Waals surface area (Å²) in [6, 6.07) is 65.5. The number of hydrogen-bond acceptors (Lipinski definition) is 3. The molecule has 8 aromatic carbocycles. The lowest BCUT2D eigenvalue weighted by molar-refractivity contribution is 0.628. The molecule has 52 heavy (non-hydrogen) atoms. The van der Waals surface area contributed by atoms with Gasteiger partial charge in [-0.15, -0.1) is 0 Å². The van der Waals surface area contributed by atoms with E-state index in [0.717, 1.165) is 83.6 Å². The number of fused-ring (bicyclic) bond motifs is 3. The third-order valence-electron chi connectivity index (χ3n) is 9.52. The highest BCUT2D eigenvalue weighted by atomic mass is 19.1. The molecule has 0 bridgehead atoms. The maximum absolute atomic E-state index is 13.5. The van der Waals surface area contributed by atoms with Crippen LogP contribution in [-0.4, -0.2) is 9.97 Å². The Kier molecular flexibility index (Phi) is 8.03. The number of para-hydroxylation sites is 1. The standard InChI is InChI=1S/C48H32FN3/c49-40-25-18-33(19-26-40)34-20-27-42(28-21-34)52(41-14-8-3-9-15-41)43-29-22-35(23-30-43)39-17-16-36-24-31-45-48(44(36)32-39)51-47(38-12-6-2-7-13-38)46(50-45)37-10-4-1-5-11-37/h1-32H. The molecule has 0 radical (unpaired) electrons. The fourth-order valence-corrected chi connectivity index (χ4v) is 6.88. The quantitative estimate of drug-likeness (QED) is 0.158. The maximum atomic E-state index is 13.5. The average Bonchev–Trinajstić information content (AvgIpc) is 3.22. The zero-order chi connectivity index (χ0) is 34.9. The summed E-state index contributed by atoms with van der Waals surface area (Å²) in [5, 5.41) is 2.18. The van der Waals surface area contributed by atoms with Crippen molar-refractivity contribution in [2.24, 2.45) is 0 Å². The van der Waals surface area contributed by atoms with Crippen LogP contribution in [0.4, 0.5) is 21.5 Å². The summed E-state index contributed by atoms with van der Waals surface area (Å²) in [4.78, 5) is 12.8.